The highest BCUT2D eigenvalue weighted by molar-refractivity contribution is 5.97. The van der Waals surface area contributed by atoms with Crippen molar-refractivity contribution in [1.29, 1.82) is 0 Å². The summed E-state index contributed by atoms with van der Waals surface area (Å²) in [6.45, 7) is 14.0. The van der Waals surface area contributed by atoms with Crippen LogP contribution in [0.2, 0.25) is 0 Å². The van der Waals surface area contributed by atoms with E-state index in [0.29, 0.717) is 19.4 Å². The van der Waals surface area contributed by atoms with Crippen LogP contribution in [0.1, 0.15) is 53.9 Å². The number of nitrogens with zero attached hydrogens (tertiary/aromatic N) is 1. The van der Waals surface area contributed by atoms with E-state index < -0.39 is 5.60 Å². The van der Waals surface area contributed by atoms with Crippen LogP contribution in [0.4, 0.5) is 4.79 Å². The average molecular weight is 462 g/mol. The molecule has 2 aliphatic rings. The van der Waals surface area contributed by atoms with Gasteiger partial charge in [-0.2, -0.15) is 0 Å². The van der Waals surface area contributed by atoms with Gasteiger partial charge in [-0.25, -0.2) is 4.79 Å². The Labute approximate surface area is 202 Å². The van der Waals surface area contributed by atoms with Gasteiger partial charge >= 0.3 is 6.09 Å². The third-order valence-corrected chi connectivity index (χ3v) is 6.81. The third-order valence-electron chi connectivity index (χ3n) is 6.81. The van der Waals surface area contributed by atoms with Gasteiger partial charge in [0.25, 0.3) is 0 Å². The molecule has 4 rings (SSSR count). The van der Waals surface area contributed by atoms with E-state index in [4.69, 9.17) is 9.47 Å². The number of hydrogen-bond donors (Lipinski definition) is 0. The van der Waals surface area contributed by atoms with Gasteiger partial charge in [-0.1, -0.05) is 42.5 Å². The molecule has 1 heterocycles. The van der Waals surface area contributed by atoms with E-state index in [1.807, 2.05) is 65.0 Å². The number of carbonyl (C=O) groups excluding carboxylic acids is 2. The van der Waals surface area contributed by atoms with Crippen LogP contribution in [0.25, 0.3) is 10.8 Å². The topological polar surface area (TPSA) is 55.8 Å². The summed E-state index contributed by atoms with van der Waals surface area (Å²) in [5, 5.41) is 2.26. The van der Waals surface area contributed by atoms with E-state index in [-0.39, 0.29) is 29.9 Å². The minimum absolute atomic E-state index is 0.104. The summed E-state index contributed by atoms with van der Waals surface area (Å²) < 4.78 is 12.1. The predicted octanol–water partition coefficient (Wildman–Crippen LogP) is 6.47. The number of allylic oxidation sites excluding steroid dienone is 2. The van der Waals surface area contributed by atoms with Crippen LogP contribution in [0.3, 0.4) is 0 Å². The molecule has 0 aromatic heterocycles. The Bertz CT molecular complexity index is 1160. The van der Waals surface area contributed by atoms with Crippen molar-refractivity contribution in [1.82, 2.24) is 4.90 Å². The van der Waals surface area contributed by atoms with E-state index in [1.54, 1.807) is 4.90 Å². The highest BCUT2D eigenvalue weighted by Gasteiger charge is 2.43. The molecule has 0 spiro atoms. The lowest BCUT2D eigenvalue weighted by molar-refractivity contribution is -0.116. The Morgan fingerprint density at radius 1 is 1.09 bits per heavy atom. The van der Waals surface area contributed by atoms with Crippen molar-refractivity contribution in [2.24, 2.45) is 5.92 Å². The summed E-state index contributed by atoms with van der Waals surface area (Å²) in [6.07, 6.45) is 1.28. The zero-order valence-corrected chi connectivity index (χ0v) is 20.9. The number of ketones is 1. The summed E-state index contributed by atoms with van der Waals surface area (Å²) in [6, 6.07) is 14.0. The maximum atomic E-state index is 13.2. The molecule has 2 aromatic carbocycles. The Balaban J connectivity index is 1.62. The fourth-order valence-electron chi connectivity index (χ4n) is 4.95. The minimum atomic E-state index is -0.606. The molecule has 1 saturated heterocycles. The molecule has 3 atom stereocenters. The van der Waals surface area contributed by atoms with Crippen molar-refractivity contribution in [2.45, 2.75) is 71.6 Å². The van der Waals surface area contributed by atoms with Crippen LogP contribution in [0, 0.1) is 5.92 Å². The summed E-state index contributed by atoms with van der Waals surface area (Å²) in [4.78, 5) is 27.8. The van der Waals surface area contributed by atoms with E-state index in [2.05, 4.69) is 18.7 Å². The Kier molecular flexibility index (Phi) is 6.57. The average Bonchev–Trinajstić information content (AvgIpc) is 3.18. The summed E-state index contributed by atoms with van der Waals surface area (Å²) in [5.74, 6) is 1.02. The van der Waals surface area contributed by atoms with Gasteiger partial charge in [-0.3, -0.25) is 9.69 Å². The van der Waals surface area contributed by atoms with E-state index in [1.165, 1.54) is 0 Å². The monoisotopic (exact) mass is 461 g/mol. The van der Waals surface area contributed by atoms with Gasteiger partial charge in [0.1, 0.15) is 17.5 Å². The second-order valence-electron chi connectivity index (χ2n) is 10.7. The normalized spacial score (nSPS) is 23.4. The molecule has 5 nitrogen and oxygen atoms in total. The molecule has 34 heavy (non-hydrogen) atoms. The molecule has 2 aromatic rings. The van der Waals surface area contributed by atoms with E-state index in [9.17, 15) is 9.59 Å². The molecule has 0 saturated carbocycles. The maximum Gasteiger partial charge on any atom is 0.410 e. The SMILES string of the molecule is C=C(C)[C@@H]1CC(=O)C(C)=C([C@@H]2C[C@H](Oc3ccc4ccccc4c3)CN2C(=O)OC(C)(C)C)C1. The lowest BCUT2D eigenvalue weighted by Crippen LogP contribution is -2.42. The molecular formula is C29H35NO4. The highest BCUT2D eigenvalue weighted by atomic mass is 16.6. The van der Waals surface area contributed by atoms with Crippen LogP contribution < -0.4 is 4.74 Å². The van der Waals surface area contributed by atoms with Gasteiger partial charge in [0.05, 0.1) is 12.6 Å². The van der Waals surface area contributed by atoms with Gasteiger partial charge in [0.15, 0.2) is 5.78 Å². The molecule has 0 bridgehead atoms. The van der Waals surface area contributed by atoms with Crippen LogP contribution >= 0.6 is 0 Å². The predicted molar refractivity (Wildman–Crippen MR) is 135 cm³/mol. The van der Waals surface area contributed by atoms with Gasteiger partial charge in [0.2, 0.25) is 0 Å². The second-order valence-corrected chi connectivity index (χ2v) is 10.7. The molecule has 0 unspecified atom stereocenters. The Morgan fingerprint density at radius 3 is 2.47 bits per heavy atom. The van der Waals surface area contributed by atoms with Crippen molar-refractivity contribution in [3.63, 3.8) is 0 Å². The number of amides is 1. The zero-order chi connectivity index (χ0) is 24.6. The number of likely N-dealkylation sites (tertiary alicyclic amines) is 1. The number of rotatable bonds is 4. The van der Waals surface area contributed by atoms with Crippen molar-refractivity contribution < 1.29 is 19.1 Å². The molecule has 1 amide bonds. The van der Waals surface area contributed by atoms with Crippen LogP contribution in [-0.2, 0) is 9.53 Å². The molecule has 5 heteroatoms. The molecule has 0 radical (unpaired) electrons. The Morgan fingerprint density at radius 2 is 1.79 bits per heavy atom. The standard InChI is InChI=1S/C29H35NO4/c1-18(2)22-14-25(19(3)27(31)15-22)26-16-24(17-30(26)28(32)34-29(4,5)6)33-23-12-11-20-9-7-8-10-21(20)13-23/h7-13,22,24,26H,1,14-17H2,2-6H3/t22-,24-,26-/m0/s1. The first-order valence-corrected chi connectivity index (χ1v) is 12.0. The molecule has 1 aliphatic heterocycles. The summed E-state index contributed by atoms with van der Waals surface area (Å²) >= 11 is 0. The van der Waals surface area contributed by atoms with Crippen molar-refractivity contribution in [3.05, 3.63) is 65.8 Å². The van der Waals surface area contributed by atoms with Crippen LogP contribution in [0.5, 0.6) is 5.75 Å². The highest BCUT2D eigenvalue weighted by Crippen LogP contribution is 2.39. The van der Waals surface area contributed by atoms with Crippen molar-refractivity contribution >= 4 is 22.6 Å². The quantitative estimate of drug-likeness (QED) is 0.490. The number of ether oxygens (including phenoxy) is 2. The summed E-state index contributed by atoms with van der Waals surface area (Å²) in [7, 11) is 0. The minimum Gasteiger partial charge on any atom is -0.488 e. The number of fused-ring (bicyclic) bond motifs is 1. The molecule has 180 valence electrons. The number of benzene rings is 2. The van der Waals surface area contributed by atoms with Gasteiger partial charge in [-0.05, 0) is 81.0 Å². The Hall–Kier alpha value is -3.08. The van der Waals surface area contributed by atoms with Gasteiger partial charge < -0.3 is 9.47 Å². The van der Waals surface area contributed by atoms with Crippen LogP contribution in [-0.4, -0.2) is 41.1 Å². The number of Topliss-reactive ketones (excluding diaryl/α,β-unsaturated/α-hetero) is 1. The largest absolute Gasteiger partial charge is 0.488 e. The first-order chi connectivity index (χ1) is 16.0. The first kappa shape index (κ1) is 24.1. The first-order valence-electron chi connectivity index (χ1n) is 12.0. The smallest absolute Gasteiger partial charge is 0.410 e. The molecular weight excluding hydrogens is 426 g/mol. The summed E-state index contributed by atoms with van der Waals surface area (Å²) in [5.41, 5.74) is 2.18. The lowest BCUT2D eigenvalue weighted by atomic mass is 9.77. The lowest BCUT2D eigenvalue weighted by Gasteiger charge is -2.34. The van der Waals surface area contributed by atoms with Crippen molar-refractivity contribution in [3.8, 4) is 5.75 Å². The fraction of sp³-hybridized carbons (Fsp3) is 0.448. The number of carbonyl (C=O) groups is 2. The maximum absolute atomic E-state index is 13.2. The van der Waals surface area contributed by atoms with Crippen molar-refractivity contribution in [2.75, 3.05) is 6.54 Å². The molecule has 0 N–H and O–H groups in total. The molecule has 1 aliphatic carbocycles. The fourth-order valence-corrected chi connectivity index (χ4v) is 4.95. The second kappa shape index (κ2) is 9.28. The van der Waals surface area contributed by atoms with Gasteiger partial charge in [0, 0.05) is 12.8 Å². The van der Waals surface area contributed by atoms with E-state index >= 15 is 0 Å². The molecule has 1 fully saturated rings. The van der Waals surface area contributed by atoms with E-state index in [0.717, 1.165) is 39.7 Å². The third kappa shape index (κ3) is 5.19. The number of hydrogen-bond acceptors (Lipinski definition) is 4. The van der Waals surface area contributed by atoms with Crippen LogP contribution in [0.15, 0.2) is 65.8 Å². The zero-order valence-electron chi connectivity index (χ0n) is 20.9. The van der Waals surface area contributed by atoms with Gasteiger partial charge in [-0.15, -0.1) is 0 Å².